The van der Waals surface area contributed by atoms with Gasteiger partial charge < -0.3 is 19.7 Å². The highest BCUT2D eigenvalue weighted by atomic mass is 35.5. The Hall–Kier alpha value is -2.71. The molecule has 1 N–H and O–H groups in total. The Balaban J connectivity index is 1.77. The summed E-state index contributed by atoms with van der Waals surface area (Å²) in [4.78, 5) is 12.5. The Morgan fingerprint density at radius 2 is 2.00 bits per heavy atom. The summed E-state index contributed by atoms with van der Waals surface area (Å²) in [5, 5.41) is 18.6. The molecule has 3 rings (SSSR count). The molecule has 0 aliphatic heterocycles. The van der Waals surface area contributed by atoms with Gasteiger partial charge in [-0.3, -0.25) is 4.79 Å². The first kappa shape index (κ1) is 19.1. The van der Waals surface area contributed by atoms with E-state index in [2.05, 4.69) is 10.6 Å². The molecule has 0 fully saturated rings. The van der Waals surface area contributed by atoms with Gasteiger partial charge in [-0.1, -0.05) is 23.7 Å². The summed E-state index contributed by atoms with van der Waals surface area (Å²) in [6.45, 7) is 1.68. The number of methoxy groups -OCH3 is 1. The van der Waals surface area contributed by atoms with Gasteiger partial charge in [0.15, 0.2) is 5.95 Å². The third-order valence-electron chi connectivity index (χ3n) is 3.68. The van der Waals surface area contributed by atoms with Crippen molar-refractivity contribution in [3.63, 3.8) is 0 Å². The number of ether oxygens (including phenoxy) is 1. The van der Waals surface area contributed by atoms with Crippen LogP contribution in [-0.2, 0) is 4.79 Å². The maximum atomic E-state index is 12.5. The van der Waals surface area contributed by atoms with Crippen molar-refractivity contribution in [2.24, 2.45) is 0 Å². The van der Waals surface area contributed by atoms with E-state index in [0.29, 0.717) is 22.1 Å². The lowest BCUT2D eigenvalue weighted by atomic mass is 10.3. The zero-order valence-electron chi connectivity index (χ0n) is 14.5. The molecule has 0 saturated heterocycles. The Morgan fingerprint density at radius 1 is 1.30 bits per heavy atom. The number of rotatable bonds is 6. The number of amides is 1. The van der Waals surface area contributed by atoms with Gasteiger partial charge in [-0.15, -0.1) is 0 Å². The van der Waals surface area contributed by atoms with Gasteiger partial charge in [0.05, 0.1) is 28.3 Å². The van der Waals surface area contributed by atoms with Crippen LogP contribution in [0.3, 0.4) is 0 Å². The fourth-order valence-electron chi connectivity index (χ4n) is 2.24. The molecule has 0 aliphatic rings. The number of thioether (sulfide) groups is 1. The number of nitrogens with zero attached hydrogens (tertiary/aromatic N) is 2. The highest BCUT2D eigenvalue weighted by molar-refractivity contribution is 8.00. The number of halogens is 1. The van der Waals surface area contributed by atoms with Crippen molar-refractivity contribution in [2.45, 2.75) is 17.2 Å². The summed E-state index contributed by atoms with van der Waals surface area (Å²) in [6.07, 6.45) is 0. The third kappa shape index (κ3) is 4.35. The van der Waals surface area contributed by atoms with Gasteiger partial charge in [0.2, 0.25) is 11.6 Å². The number of anilines is 1. The standard InChI is InChI=1S/C18H16ClN3O4S/c1-11(16(23)20-15-6-4-3-5-14(15)19)27-17-18(24)26-21-22(17)12-7-9-13(25-2)10-8-12/h3-11H,1-2H3,(H-,20,21,23,24). The fourth-order valence-corrected chi connectivity index (χ4v) is 3.30. The summed E-state index contributed by atoms with van der Waals surface area (Å²) in [7, 11) is 1.56. The Kier molecular flexibility index (Phi) is 5.88. The smallest absolute Gasteiger partial charge is 0.298 e. The van der Waals surface area contributed by atoms with Gasteiger partial charge in [-0.05, 0) is 47.6 Å². The SMILES string of the molecule is COc1ccc(-[n+]2noc([O-])c2SC(C)C(=O)Nc2ccccc2Cl)cc1. The fraction of sp³-hybridized carbons (Fsp3) is 0.167. The largest absolute Gasteiger partial charge is 0.538 e. The number of nitrogens with one attached hydrogen (secondary N) is 1. The summed E-state index contributed by atoms with van der Waals surface area (Å²) in [5.74, 6) is -0.241. The maximum Gasteiger partial charge on any atom is 0.298 e. The predicted molar refractivity (Wildman–Crippen MR) is 99.4 cm³/mol. The van der Waals surface area contributed by atoms with Crippen molar-refractivity contribution < 1.29 is 23.8 Å². The first-order chi connectivity index (χ1) is 13.0. The van der Waals surface area contributed by atoms with Crippen molar-refractivity contribution in [1.82, 2.24) is 5.27 Å². The molecule has 9 heteroatoms. The number of hydrogen-bond acceptors (Lipinski definition) is 6. The van der Waals surface area contributed by atoms with Gasteiger partial charge in [0.1, 0.15) is 5.75 Å². The second-order valence-corrected chi connectivity index (χ2v) is 7.24. The summed E-state index contributed by atoms with van der Waals surface area (Å²) < 4.78 is 11.2. The predicted octanol–water partition coefficient (Wildman–Crippen LogP) is 2.81. The molecule has 1 aromatic heterocycles. The molecule has 0 radical (unpaired) electrons. The molecule has 0 spiro atoms. The second-order valence-electron chi connectivity index (χ2n) is 5.50. The first-order valence-corrected chi connectivity index (χ1v) is 9.21. The van der Waals surface area contributed by atoms with E-state index in [1.807, 2.05) is 0 Å². The van der Waals surface area contributed by atoms with E-state index in [4.69, 9.17) is 20.9 Å². The minimum atomic E-state index is -0.617. The third-order valence-corrected chi connectivity index (χ3v) is 5.14. The Bertz CT molecular complexity index is 946. The van der Waals surface area contributed by atoms with Crippen LogP contribution < -0.4 is 19.8 Å². The highest BCUT2D eigenvalue weighted by Crippen LogP contribution is 2.29. The normalized spacial score (nSPS) is 11.8. The second kappa shape index (κ2) is 8.32. The molecular weight excluding hydrogens is 390 g/mol. The summed E-state index contributed by atoms with van der Waals surface area (Å²) in [6, 6.07) is 13.9. The zero-order chi connectivity index (χ0) is 19.4. The monoisotopic (exact) mass is 405 g/mol. The van der Waals surface area contributed by atoms with Gasteiger partial charge in [-0.2, -0.15) is 0 Å². The average molecular weight is 406 g/mol. The van der Waals surface area contributed by atoms with E-state index in [0.717, 1.165) is 11.8 Å². The molecule has 0 aliphatic carbocycles. The van der Waals surface area contributed by atoms with Crippen LogP contribution in [0, 0.1) is 0 Å². The topological polar surface area (TPSA) is 91.3 Å². The molecule has 0 bridgehead atoms. The molecule has 0 saturated carbocycles. The Labute approximate surface area is 164 Å². The van der Waals surface area contributed by atoms with Gasteiger partial charge in [-0.25, -0.2) is 0 Å². The van der Waals surface area contributed by atoms with E-state index in [9.17, 15) is 9.90 Å². The molecule has 7 nitrogen and oxygen atoms in total. The first-order valence-electron chi connectivity index (χ1n) is 7.95. The van der Waals surface area contributed by atoms with Crippen molar-refractivity contribution in [3.8, 4) is 17.4 Å². The number of para-hydroxylation sites is 1. The van der Waals surface area contributed by atoms with Crippen molar-refractivity contribution in [3.05, 3.63) is 53.6 Å². The van der Waals surface area contributed by atoms with E-state index >= 15 is 0 Å². The van der Waals surface area contributed by atoms with Crippen LogP contribution >= 0.6 is 23.4 Å². The highest BCUT2D eigenvalue weighted by Gasteiger charge is 2.27. The summed E-state index contributed by atoms with van der Waals surface area (Å²) in [5.41, 5.74) is 1.12. The number of carbonyl (C=O) groups is 1. The van der Waals surface area contributed by atoms with Crippen LogP contribution in [0.25, 0.3) is 5.69 Å². The molecular formula is C18H16ClN3O4S. The van der Waals surface area contributed by atoms with Gasteiger partial charge in [0, 0.05) is 12.1 Å². The molecule has 3 aromatic rings. The lowest BCUT2D eigenvalue weighted by Crippen LogP contribution is -2.36. The van der Waals surface area contributed by atoms with Crippen LogP contribution in [0.4, 0.5) is 5.69 Å². The lowest BCUT2D eigenvalue weighted by Gasteiger charge is -2.11. The molecule has 1 atom stereocenters. The molecule has 1 unspecified atom stereocenters. The molecule has 140 valence electrons. The summed E-state index contributed by atoms with van der Waals surface area (Å²) >= 11 is 7.11. The van der Waals surface area contributed by atoms with E-state index in [-0.39, 0.29) is 10.9 Å². The van der Waals surface area contributed by atoms with Crippen molar-refractivity contribution in [1.29, 1.82) is 0 Å². The van der Waals surface area contributed by atoms with E-state index in [1.54, 1.807) is 62.6 Å². The van der Waals surface area contributed by atoms with Crippen LogP contribution in [-0.4, -0.2) is 23.5 Å². The van der Waals surface area contributed by atoms with Crippen LogP contribution in [0.2, 0.25) is 5.02 Å². The lowest BCUT2D eigenvalue weighted by molar-refractivity contribution is -0.705. The quantitative estimate of drug-likeness (QED) is 0.501. The van der Waals surface area contributed by atoms with Crippen molar-refractivity contribution in [2.75, 3.05) is 12.4 Å². The Morgan fingerprint density at radius 3 is 2.67 bits per heavy atom. The minimum absolute atomic E-state index is 0.196. The minimum Gasteiger partial charge on any atom is -0.538 e. The van der Waals surface area contributed by atoms with Crippen LogP contribution in [0.15, 0.2) is 58.1 Å². The number of carbonyl (C=O) groups excluding carboxylic acids is 1. The number of benzene rings is 2. The van der Waals surface area contributed by atoms with Crippen LogP contribution in [0.1, 0.15) is 6.92 Å². The maximum absolute atomic E-state index is 12.5. The van der Waals surface area contributed by atoms with Crippen LogP contribution in [0.5, 0.6) is 11.7 Å². The van der Waals surface area contributed by atoms with E-state index < -0.39 is 11.2 Å². The number of hydrogen-bond donors (Lipinski definition) is 1. The van der Waals surface area contributed by atoms with Gasteiger partial charge in [0.25, 0.3) is 5.03 Å². The molecule has 1 amide bonds. The molecule has 2 aromatic carbocycles. The molecule has 1 heterocycles. The number of aromatic nitrogens is 2. The zero-order valence-corrected chi connectivity index (χ0v) is 16.1. The van der Waals surface area contributed by atoms with E-state index in [1.165, 1.54) is 4.68 Å². The average Bonchev–Trinajstić information content (AvgIpc) is 3.04. The van der Waals surface area contributed by atoms with Gasteiger partial charge >= 0.3 is 0 Å². The van der Waals surface area contributed by atoms with Crippen molar-refractivity contribution >= 4 is 35.0 Å². The molecule has 27 heavy (non-hydrogen) atoms.